The topological polar surface area (TPSA) is 52.9 Å². The Balaban J connectivity index is 3.06. The zero-order chi connectivity index (χ0) is 6.24. The Morgan fingerprint density at radius 2 is 2.38 bits per heavy atom. The van der Waals surface area contributed by atoms with Gasteiger partial charge in [0.05, 0.1) is 0 Å². The molecule has 0 spiro atoms. The van der Waals surface area contributed by atoms with E-state index >= 15 is 0 Å². The van der Waals surface area contributed by atoms with Crippen molar-refractivity contribution in [3.8, 4) is 18.1 Å². The van der Waals surface area contributed by atoms with Gasteiger partial charge in [-0.15, -0.1) is 0 Å². The Morgan fingerprint density at radius 1 is 1.62 bits per heavy atom. The largest absolute Gasteiger partial charge is 0.431 e. The maximum atomic E-state index is 9.56. The minimum absolute atomic E-state index is 0.0764. The van der Waals surface area contributed by atoms with Crippen LogP contribution in [-0.2, 0) is 9.84 Å². The summed E-state index contributed by atoms with van der Waals surface area (Å²) >= 11 is 0. The third kappa shape index (κ3) is 4.81. The molecule has 0 aromatic heterocycles. The van der Waals surface area contributed by atoms with Gasteiger partial charge in [0, 0.05) is 0 Å². The van der Waals surface area contributed by atoms with Crippen LogP contribution in [0.1, 0.15) is 0 Å². The van der Waals surface area contributed by atoms with Crippen molar-refractivity contribution in [1.29, 1.82) is 5.26 Å². The van der Waals surface area contributed by atoms with Gasteiger partial charge in [0.15, 0.2) is 6.61 Å². The fourth-order valence-corrected chi connectivity index (χ4v) is 0.149. The van der Waals surface area contributed by atoms with Crippen molar-refractivity contribution >= 4 is 0 Å². The van der Waals surface area contributed by atoms with E-state index in [1.54, 1.807) is 6.07 Å². The fraction of sp³-hybridized carbons (Fsp3) is 0.400. The number of nitrogens with zero attached hydrogens (tertiary/aromatic N) is 1. The molecule has 0 saturated heterocycles. The summed E-state index contributed by atoms with van der Waals surface area (Å²) in [4.78, 5) is 0. The Kier molecular flexibility index (Phi) is 4.95. The van der Waals surface area contributed by atoms with Gasteiger partial charge in [0.1, 0.15) is 18.8 Å². The van der Waals surface area contributed by atoms with E-state index in [2.05, 4.69) is 16.8 Å². The summed E-state index contributed by atoms with van der Waals surface area (Å²) in [6.07, 6.45) is 2.05. The Labute approximate surface area is 47.5 Å². The molecule has 0 aromatic carbocycles. The summed E-state index contributed by atoms with van der Waals surface area (Å²) in [6, 6.07) is 1.70. The van der Waals surface area contributed by atoms with E-state index in [4.69, 9.17) is 5.26 Å². The molecule has 8 heavy (non-hydrogen) atoms. The molecule has 0 saturated carbocycles. The van der Waals surface area contributed by atoms with Crippen molar-refractivity contribution < 1.29 is 9.84 Å². The molecule has 0 aliphatic rings. The average Bonchev–Trinajstić information content (AvgIpc) is 1.81. The monoisotopic (exact) mass is 110 g/mol. The predicted molar refractivity (Wildman–Crippen MR) is 24.9 cm³/mol. The highest BCUT2D eigenvalue weighted by Gasteiger charge is 1.70. The van der Waals surface area contributed by atoms with Crippen LogP contribution in [-0.4, -0.2) is 13.2 Å². The zero-order valence-corrected chi connectivity index (χ0v) is 4.18. The van der Waals surface area contributed by atoms with Gasteiger partial charge in [-0.3, -0.25) is 0 Å². The second kappa shape index (κ2) is 5.81. The number of hydrogen-bond donors (Lipinski definition) is 0. The highest BCUT2D eigenvalue weighted by atomic mass is 16.5. The van der Waals surface area contributed by atoms with E-state index in [-0.39, 0.29) is 6.61 Å². The molecule has 3 heteroatoms. The van der Waals surface area contributed by atoms with Gasteiger partial charge >= 0.3 is 0 Å². The van der Waals surface area contributed by atoms with Gasteiger partial charge < -0.3 is 4.74 Å². The molecular formula is C5H4NO2. The molecule has 0 fully saturated rings. The molecule has 0 atom stereocenters. The van der Waals surface area contributed by atoms with Gasteiger partial charge in [0.25, 0.3) is 0 Å². The minimum atomic E-state index is -0.481. The predicted octanol–water partition coefficient (Wildman–Crippen LogP) is -0.0820. The quantitative estimate of drug-likeness (QED) is 0.350. The first-order chi connectivity index (χ1) is 3.91. The second-order valence-corrected chi connectivity index (χ2v) is 0.870. The van der Waals surface area contributed by atoms with Crippen LogP contribution in [0.4, 0.5) is 0 Å². The van der Waals surface area contributed by atoms with Crippen molar-refractivity contribution in [2.45, 2.75) is 0 Å². The SMILES string of the molecule is N#CCOC#CC[O]. The lowest BCUT2D eigenvalue weighted by molar-refractivity contribution is 0.236. The van der Waals surface area contributed by atoms with E-state index in [1.165, 1.54) is 0 Å². The minimum Gasteiger partial charge on any atom is -0.431 e. The first-order valence-corrected chi connectivity index (χ1v) is 1.96. The van der Waals surface area contributed by atoms with Crippen LogP contribution >= 0.6 is 0 Å². The zero-order valence-electron chi connectivity index (χ0n) is 4.18. The molecule has 0 rings (SSSR count). The molecule has 0 N–H and O–H groups in total. The van der Waals surface area contributed by atoms with Gasteiger partial charge in [-0.05, 0) is 5.92 Å². The summed E-state index contributed by atoms with van der Waals surface area (Å²) in [5, 5.41) is 17.4. The Bertz CT molecular complexity index is 137. The maximum absolute atomic E-state index is 9.56. The van der Waals surface area contributed by atoms with Crippen LogP contribution in [0.15, 0.2) is 0 Å². The van der Waals surface area contributed by atoms with Gasteiger partial charge in [0.2, 0.25) is 0 Å². The summed E-state index contributed by atoms with van der Waals surface area (Å²) < 4.78 is 4.30. The number of nitriles is 1. The molecule has 0 unspecified atom stereocenters. The number of rotatable bonds is 1. The lowest BCUT2D eigenvalue weighted by atomic mass is 10.7. The highest BCUT2D eigenvalue weighted by molar-refractivity contribution is 4.91. The normalized spacial score (nSPS) is 6.00. The van der Waals surface area contributed by atoms with Gasteiger partial charge in [-0.2, -0.15) is 5.26 Å². The Morgan fingerprint density at radius 3 is 2.88 bits per heavy atom. The molecule has 3 nitrogen and oxygen atoms in total. The van der Waals surface area contributed by atoms with E-state index in [9.17, 15) is 5.11 Å². The molecular weight excluding hydrogens is 106 g/mol. The summed E-state index contributed by atoms with van der Waals surface area (Å²) in [6.45, 7) is -0.557. The van der Waals surface area contributed by atoms with E-state index < -0.39 is 6.61 Å². The van der Waals surface area contributed by atoms with E-state index in [1.807, 2.05) is 0 Å². The first-order valence-electron chi connectivity index (χ1n) is 1.96. The summed E-state index contributed by atoms with van der Waals surface area (Å²) in [7, 11) is 0. The molecule has 0 aliphatic carbocycles. The highest BCUT2D eigenvalue weighted by Crippen LogP contribution is 1.63. The summed E-state index contributed by atoms with van der Waals surface area (Å²) in [5.41, 5.74) is 0. The third-order valence-electron chi connectivity index (χ3n) is 0.353. The molecule has 0 amide bonds. The Hall–Kier alpha value is -1.19. The third-order valence-corrected chi connectivity index (χ3v) is 0.353. The van der Waals surface area contributed by atoms with Crippen LogP contribution in [0.5, 0.6) is 0 Å². The van der Waals surface area contributed by atoms with Crippen LogP contribution in [0.3, 0.4) is 0 Å². The molecule has 0 aliphatic heterocycles. The summed E-state index contributed by atoms with van der Waals surface area (Å²) in [5.74, 6) is 2.10. The first kappa shape index (κ1) is 6.81. The van der Waals surface area contributed by atoms with Crippen LogP contribution in [0.2, 0.25) is 0 Å². The van der Waals surface area contributed by atoms with E-state index in [0.717, 1.165) is 0 Å². The molecule has 1 radical (unpaired) electrons. The van der Waals surface area contributed by atoms with Crippen molar-refractivity contribution in [3.05, 3.63) is 0 Å². The van der Waals surface area contributed by atoms with Gasteiger partial charge in [-0.1, -0.05) is 0 Å². The van der Waals surface area contributed by atoms with E-state index in [0.29, 0.717) is 0 Å². The van der Waals surface area contributed by atoms with Crippen LogP contribution in [0.25, 0.3) is 0 Å². The number of ether oxygens (including phenoxy) is 1. The van der Waals surface area contributed by atoms with Crippen LogP contribution < -0.4 is 0 Å². The molecule has 0 aromatic rings. The van der Waals surface area contributed by atoms with Crippen molar-refractivity contribution in [1.82, 2.24) is 0 Å². The molecule has 0 bridgehead atoms. The second-order valence-electron chi connectivity index (χ2n) is 0.870. The van der Waals surface area contributed by atoms with Crippen LogP contribution in [0, 0.1) is 23.4 Å². The van der Waals surface area contributed by atoms with Gasteiger partial charge in [-0.25, -0.2) is 5.11 Å². The fourth-order valence-electron chi connectivity index (χ4n) is 0.149. The lowest BCUT2D eigenvalue weighted by Crippen LogP contribution is -1.80. The smallest absolute Gasteiger partial charge is 0.186 e. The van der Waals surface area contributed by atoms with Crippen molar-refractivity contribution in [2.24, 2.45) is 0 Å². The maximum Gasteiger partial charge on any atom is 0.186 e. The molecule has 0 heterocycles. The standard InChI is InChI=1S/C5H4NO2/c6-2-5-8-4-1-3-7/h3,5H2. The average molecular weight is 110 g/mol. The molecule has 41 valence electrons. The number of hydrogen-bond acceptors (Lipinski definition) is 2. The van der Waals surface area contributed by atoms with Crippen molar-refractivity contribution in [2.75, 3.05) is 13.2 Å². The van der Waals surface area contributed by atoms with Crippen molar-refractivity contribution in [3.63, 3.8) is 0 Å². The lowest BCUT2D eigenvalue weighted by Gasteiger charge is -1.79.